The minimum Gasteiger partial charge on any atom is -0.507 e. The van der Waals surface area contributed by atoms with Crippen LogP contribution in [0.4, 0.5) is 0 Å². The molecule has 15 heteroatoms. The lowest BCUT2D eigenvalue weighted by Gasteiger charge is -2.61. The number of aromatic hydroxyl groups is 2. The maximum atomic E-state index is 15.0. The summed E-state index contributed by atoms with van der Waals surface area (Å²) in [6, 6.07) is 7.44. The lowest BCUT2D eigenvalue weighted by atomic mass is 9.63. The minimum atomic E-state index is -2.86. The molecule has 260 valence electrons. The Morgan fingerprint density at radius 1 is 0.714 bits per heavy atom. The Morgan fingerprint density at radius 3 is 1.43 bits per heavy atom. The Hall–Kier alpha value is -4.15. The first-order valence-electron chi connectivity index (χ1n) is 15.5. The molecular weight excluding hydrogens is 664 g/mol. The number of hydrogen-bond donors (Lipinski definition) is 4. The summed E-state index contributed by atoms with van der Waals surface area (Å²) in [7, 11) is 2.26. The summed E-state index contributed by atoms with van der Waals surface area (Å²) >= 11 is 0.381. The van der Waals surface area contributed by atoms with Gasteiger partial charge in [0.1, 0.15) is 21.0 Å². The van der Waals surface area contributed by atoms with Gasteiger partial charge < -0.3 is 39.4 Å². The van der Waals surface area contributed by atoms with Crippen LogP contribution in [0.2, 0.25) is 0 Å². The number of carbonyl (C=O) groups excluding carboxylic acids is 6. The van der Waals surface area contributed by atoms with E-state index in [1.807, 2.05) is 0 Å². The highest BCUT2D eigenvalue weighted by atomic mass is 32.2. The number of ketones is 4. The van der Waals surface area contributed by atoms with Gasteiger partial charge in [0.05, 0.1) is 62.6 Å². The van der Waals surface area contributed by atoms with E-state index >= 15 is 9.59 Å². The second kappa shape index (κ2) is 11.7. The molecule has 8 atom stereocenters. The zero-order chi connectivity index (χ0) is 35.8. The summed E-state index contributed by atoms with van der Waals surface area (Å²) in [6.07, 6.45) is -7.60. The number of carbonyl (C=O) groups is 6. The van der Waals surface area contributed by atoms with Gasteiger partial charge in [-0.25, -0.2) is 0 Å². The second-order valence-electron chi connectivity index (χ2n) is 12.8. The van der Waals surface area contributed by atoms with Crippen LogP contribution in [0.1, 0.15) is 81.0 Å². The van der Waals surface area contributed by atoms with Gasteiger partial charge >= 0.3 is 11.9 Å². The molecule has 0 unspecified atom stereocenters. The summed E-state index contributed by atoms with van der Waals surface area (Å²) in [5.74, 6) is -6.87. The normalized spacial score (nSPS) is 35.1. The molecule has 4 aliphatic rings. The largest absolute Gasteiger partial charge is 0.507 e. The van der Waals surface area contributed by atoms with E-state index in [1.165, 1.54) is 38.1 Å². The third-order valence-electron chi connectivity index (χ3n) is 10.3. The fraction of sp³-hybridized carbons (Fsp3) is 0.471. The van der Waals surface area contributed by atoms with Crippen LogP contribution in [-0.4, -0.2) is 115 Å². The highest BCUT2D eigenvalue weighted by Gasteiger charge is 2.78. The third kappa shape index (κ3) is 4.55. The third-order valence-corrected chi connectivity index (χ3v) is 12.3. The number of hydrogen-bond acceptors (Lipinski definition) is 15. The van der Waals surface area contributed by atoms with Crippen molar-refractivity contribution in [2.75, 3.05) is 14.2 Å². The zero-order valence-corrected chi connectivity index (χ0v) is 27.7. The number of rotatable bonds is 6. The van der Waals surface area contributed by atoms with Crippen molar-refractivity contribution in [3.63, 3.8) is 0 Å². The fourth-order valence-corrected chi connectivity index (χ4v) is 10.3. The van der Waals surface area contributed by atoms with Crippen molar-refractivity contribution in [1.82, 2.24) is 0 Å². The van der Waals surface area contributed by atoms with Crippen LogP contribution in [0.3, 0.4) is 0 Å². The van der Waals surface area contributed by atoms with Crippen LogP contribution in [0.25, 0.3) is 0 Å². The number of aliphatic hydroxyl groups is 2. The first-order valence-corrected chi connectivity index (χ1v) is 16.3. The number of benzene rings is 2. The average molecular weight is 699 g/mol. The highest BCUT2D eigenvalue weighted by molar-refractivity contribution is 8.03. The summed E-state index contributed by atoms with van der Waals surface area (Å²) in [4.78, 5) is 83.9. The van der Waals surface area contributed by atoms with Gasteiger partial charge in [-0.05, 0) is 38.8 Å². The van der Waals surface area contributed by atoms with Gasteiger partial charge in [-0.15, -0.1) is 11.8 Å². The fourth-order valence-electron chi connectivity index (χ4n) is 7.91. The van der Waals surface area contributed by atoms with Crippen molar-refractivity contribution < 1.29 is 68.1 Å². The molecule has 0 amide bonds. The number of ether oxygens (including phenoxy) is 4. The monoisotopic (exact) mass is 698 g/mol. The van der Waals surface area contributed by atoms with E-state index in [0.29, 0.717) is 11.8 Å². The first kappa shape index (κ1) is 34.7. The van der Waals surface area contributed by atoms with Gasteiger partial charge in [-0.3, -0.25) is 28.8 Å². The van der Waals surface area contributed by atoms with Crippen molar-refractivity contribution in [1.29, 1.82) is 0 Å². The number of Topliss-reactive ketones (excluding diaryl/α,β-unsaturated/α-hetero) is 4. The number of phenols is 2. The first-order chi connectivity index (χ1) is 23.0. The van der Waals surface area contributed by atoms with E-state index in [0.717, 1.165) is 26.4 Å². The van der Waals surface area contributed by atoms with Crippen molar-refractivity contribution in [3.05, 3.63) is 58.7 Å². The Balaban J connectivity index is 1.66. The van der Waals surface area contributed by atoms with Crippen molar-refractivity contribution in [3.8, 4) is 11.5 Å². The molecule has 0 radical (unpaired) electrons. The molecule has 2 heterocycles. The van der Waals surface area contributed by atoms with Gasteiger partial charge in [0.25, 0.3) is 0 Å². The Kier molecular flexibility index (Phi) is 8.31. The Labute approximate surface area is 283 Å². The molecule has 14 nitrogen and oxygen atoms in total. The van der Waals surface area contributed by atoms with Crippen LogP contribution in [0.5, 0.6) is 11.5 Å². The molecule has 2 aliphatic carbocycles. The molecule has 2 aromatic carbocycles. The van der Waals surface area contributed by atoms with E-state index in [-0.39, 0.29) is 11.1 Å². The van der Waals surface area contributed by atoms with E-state index < -0.39 is 128 Å². The highest BCUT2D eigenvalue weighted by Crippen LogP contribution is 2.64. The molecule has 49 heavy (non-hydrogen) atoms. The molecule has 6 rings (SSSR count). The minimum absolute atomic E-state index is 0.313. The van der Waals surface area contributed by atoms with Gasteiger partial charge in [-0.2, -0.15) is 0 Å². The smallest absolute Gasteiger partial charge is 0.308 e. The molecule has 2 aliphatic heterocycles. The maximum absolute atomic E-state index is 15.0. The van der Waals surface area contributed by atoms with Crippen LogP contribution < -0.4 is 0 Å². The molecule has 0 saturated carbocycles. The molecule has 0 spiro atoms. The molecule has 0 bridgehead atoms. The molecule has 0 aromatic heterocycles. The Morgan fingerprint density at radius 2 is 1.08 bits per heavy atom. The SMILES string of the molecule is COC(=O)C[C@@H]1C[C@]2(S[C@]34C[C@H](CC(=O)OC)O[C@H](C)[C@]3(O)C(=O)c3c(O)cccc3C4=O)C(=O)c3cccc(O)c3C(=O)[C@@]2(O)[C@@H](C)O1. The van der Waals surface area contributed by atoms with Crippen molar-refractivity contribution in [2.45, 2.75) is 84.6 Å². The number of phenolic OH excluding ortho intramolecular Hbond substituents is 2. The number of fused-ring (bicyclic) bond motifs is 4. The predicted octanol–water partition coefficient (Wildman–Crippen LogP) is 1.71. The van der Waals surface area contributed by atoms with E-state index in [2.05, 4.69) is 0 Å². The van der Waals surface area contributed by atoms with Crippen LogP contribution in [0.15, 0.2) is 36.4 Å². The number of methoxy groups -OCH3 is 2. The van der Waals surface area contributed by atoms with Gasteiger partial charge in [0.2, 0.25) is 11.6 Å². The van der Waals surface area contributed by atoms with E-state index in [9.17, 15) is 39.6 Å². The van der Waals surface area contributed by atoms with Gasteiger partial charge in [0, 0.05) is 11.1 Å². The van der Waals surface area contributed by atoms with Gasteiger partial charge in [0.15, 0.2) is 22.8 Å². The summed E-state index contributed by atoms with van der Waals surface area (Å²) in [5, 5.41) is 46.8. The van der Waals surface area contributed by atoms with Crippen molar-refractivity contribution >= 4 is 46.8 Å². The van der Waals surface area contributed by atoms with Crippen molar-refractivity contribution in [2.24, 2.45) is 0 Å². The molecule has 2 aromatic rings. The van der Waals surface area contributed by atoms with E-state index in [1.54, 1.807) is 0 Å². The number of thioether (sulfide) groups is 1. The van der Waals surface area contributed by atoms with E-state index in [4.69, 9.17) is 18.9 Å². The molecular formula is C34H34O14S. The van der Waals surface area contributed by atoms with Crippen LogP contribution in [-0.2, 0) is 28.5 Å². The summed E-state index contributed by atoms with van der Waals surface area (Å²) in [5.41, 5.74) is -7.33. The Bertz CT molecular complexity index is 1690. The summed E-state index contributed by atoms with van der Waals surface area (Å²) in [6.45, 7) is 2.57. The maximum Gasteiger partial charge on any atom is 0.308 e. The lowest BCUT2D eigenvalue weighted by Crippen LogP contribution is -2.79. The molecule has 4 N–H and O–H groups in total. The standard InChI is InChI=1S/C34H34O14S/c1-15-33(43)29(41)25-19(7-5-9-21(25)35)27(39)31(33,13-17(47-15)11-23(37)45-3)49-32-14-18(12-24(38)46-4)48-16(2)34(32,44)30(42)26-20(28(32)40)8-6-10-22(26)36/h5-10,15-18,35-36,43-44H,11-14H2,1-4H3/t15-,16-,17-,18+,31+,32+,33+,34+/m1/s1. The second-order valence-corrected chi connectivity index (χ2v) is 14.4. The summed E-state index contributed by atoms with van der Waals surface area (Å²) < 4.78 is 16.6. The predicted molar refractivity (Wildman–Crippen MR) is 168 cm³/mol. The zero-order valence-electron chi connectivity index (χ0n) is 26.9. The average Bonchev–Trinajstić information content (AvgIpc) is 3.06. The number of esters is 2. The molecule has 2 fully saturated rings. The van der Waals surface area contributed by atoms with Gasteiger partial charge in [-0.1, -0.05) is 24.3 Å². The van der Waals surface area contributed by atoms with Crippen LogP contribution >= 0.6 is 11.8 Å². The van der Waals surface area contributed by atoms with Crippen LogP contribution in [0, 0.1) is 0 Å². The molecule has 2 saturated heterocycles. The lowest BCUT2D eigenvalue weighted by molar-refractivity contribution is -0.173. The topological polar surface area (TPSA) is 220 Å². The quantitative estimate of drug-likeness (QED) is 0.316.